The van der Waals surface area contributed by atoms with Crippen molar-refractivity contribution in [1.82, 2.24) is 5.32 Å². The first-order valence-corrected chi connectivity index (χ1v) is 8.19. The second-order valence-corrected chi connectivity index (χ2v) is 6.66. The molecular weight excluding hydrogens is 340 g/mol. The van der Waals surface area contributed by atoms with Crippen LogP contribution in [0.1, 0.15) is 39.3 Å². The Balaban J connectivity index is 2.42. The van der Waals surface area contributed by atoms with Gasteiger partial charge in [-0.3, -0.25) is 0 Å². The molecule has 0 radical (unpaired) electrons. The lowest BCUT2D eigenvalue weighted by Gasteiger charge is -2.30. The van der Waals surface area contributed by atoms with Crippen molar-refractivity contribution in [2.45, 2.75) is 45.9 Å². The fraction of sp³-hybridized carbons (Fsp3) is 0.625. The van der Waals surface area contributed by atoms with Crippen LogP contribution in [-0.4, -0.2) is 18.8 Å². The standard InChI is InChI=1S/C16H22BrF2NO/c1-5-20-16(15-8(2)9(3)21-10(15)4)11-6-14(19)12(17)7-13(11)18/h6-10,15-16,20H,5H2,1-4H3. The van der Waals surface area contributed by atoms with E-state index in [1.807, 2.05) is 20.8 Å². The smallest absolute Gasteiger partial charge is 0.137 e. The summed E-state index contributed by atoms with van der Waals surface area (Å²) in [7, 11) is 0. The van der Waals surface area contributed by atoms with E-state index in [0.29, 0.717) is 12.1 Å². The number of ether oxygens (including phenoxy) is 1. The van der Waals surface area contributed by atoms with Gasteiger partial charge in [0.1, 0.15) is 11.6 Å². The molecule has 0 aliphatic carbocycles. The Hall–Kier alpha value is -0.520. The fourth-order valence-corrected chi connectivity index (χ4v) is 3.63. The number of benzene rings is 1. The third kappa shape index (κ3) is 3.30. The zero-order chi connectivity index (χ0) is 15.7. The van der Waals surface area contributed by atoms with Gasteiger partial charge in [0.2, 0.25) is 0 Å². The van der Waals surface area contributed by atoms with Gasteiger partial charge in [0.15, 0.2) is 0 Å². The van der Waals surface area contributed by atoms with Crippen LogP contribution < -0.4 is 5.32 Å². The minimum absolute atomic E-state index is 0.00478. The lowest BCUT2D eigenvalue weighted by Crippen LogP contribution is -2.35. The molecule has 21 heavy (non-hydrogen) atoms. The van der Waals surface area contributed by atoms with E-state index < -0.39 is 11.6 Å². The van der Waals surface area contributed by atoms with Gasteiger partial charge in [0.25, 0.3) is 0 Å². The summed E-state index contributed by atoms with van der Waals surface area (Å²) in [5, 5.41) is 3.31. The molecule has 0 spiro atoms. The summed E-state index contributed by atoms with van der Waals surface area (Å²) in [5.74, 6) is -0.458. The average Bonchev–Trinajstić information content (AvgIpc) is 2.66. The first-order chi connectivity index (χ1) is 9.86. The Kier molecular flexibility index (Phi) is 5.38. The number of rotatable bonds is 4. The maximum Gasteiger partial charge on any atom is 0.137 e. The minimum Gasteiger partial charge on any atom is -0.375 e. The highest BCUT2D eigenvalue weighted by atomic mass is 79.9. The van der Waals surface area contributed by atoms with Gasteiger partial charge in [-0.1, -0.05) is 13.8 Å². The van der Waals surface area contributed by atoms with Crippen LogP contribution in [-0.2, 0) is 4.74 Å². The Labute approximate surface area is 133 Å². The lowest BCUT2D eigenvalue weighted by molar-refractivity contribution is 0.0474. The molecule has 0 aromatic heterocycles. The topological polar surface area (TPSA) is 21.3 Å². The van der Waals surface area contributed by atoms with Crippen molar-refractivity contribution in [2.75, 3.05) is 6.54 Å². The third-order valence-electron chi connectivity index (χ3n) is 4.50. The molecule has 5 unspecified atom stereocenters. The highest BCUT2D eigenvalue weighted by Gasteiger charge is 2.42. The van der Waals surface area contributed by atoms with Crippen molar-refractivity contribution < 1.29 is 13.5 Å². The predicted octanol–water partition coefficient (Wildman–Crippen LogP) is 4.44. The normalized spacial score (nSPS) is 30.6. The van der Waals surface area contributed by atoms with Gasteiger partial charge in [0.05, 0.1) is 16.7 Å². The van der Waals surface area contributed by atoms with Crippen LogP contribution in [0.25, 0.3) is 0 Å². The van der Waals surface area contributed by atoms with Crippen LogP contribution in [0.2, 0.25) is 0 Å². The van der Waals surface area contributed by atoms with Crippen molar-refractivity contribution >= 4 is 15.9 Å². The summed E-state index contributed by atoms with van der Waals surface area (Å²) < 4.78 is 34.2. The number of halogens is 3. The highest BCUT2D eigenvalue weighted by molar-refractivity contribution is 9.10. The molecule has 0 bridgehead atoms. The predicted molar refractivity (Wildman–Crippen MR) is 83.1 cm³/mol. The molecule has 118 valence electrons. The molecule has 1 N–H and O–H groups in total. The number of hydrogen-bond acceptors (Lipinski definition) is 2. The van der Waals surface area contributed by atoms with Gasteiger partial charge < -0.3 is 10.1 Å². The Morgan fingerprint density at radius 2 is 1.86 bits per heavy atom. The van der Waals surface area contributed by atoms with Crippen LogP contribution in [0.5, 0.6) is 0 Å². The molecule has 1 aliphatic rings. The zero-order valence-electron chi connectivity index (χ0n) is 12.8. The Bertz CT molecular complexity index is 511. The molecule has 1 aromatic rings. The molecule has 1 saturated heterocycles. The summed E-state index contributed by atoms with van der Waals surface area (Å²) in [6, 6.07) is 2.23. The third-order valence-corrected chi connectivity index (χ3v) is 5.11. The van der Waals surface area contributed by atoms with E-state index in [0.717, 1.165) is 0 Å². The molecular formula is C16H22BrF2NO. The molecule has 1 aliphatic heterocycles. The zero-order valence-corrected chi connectivity index (χ0v) is 14.4. The second kappa shape index (κ2) is 6.71. The van der Waals surface area contributed by atoms with E-state index in [9.17, 15) is 8.78 Å². The van der Waals surface area contributed by atoms with Gasteiger partial charge in [-0.25, -0.2) is 8.78 Å². The van der Waals surface area contributed by atoms with Gasteiger partial charge >= 0.3 is 0 Å². The molecule has 0 saturated carbocycles. The monoisotopic (exact) mass is 361 g/mol. The molecule has 2 rings (SSSR count). The van der Waals surface area contributed by atoms with Crippen molar-refractivity contribution in [3.63, 3.8) is 0 Å². The average molecular weight is 362 g/mol. The van der Waals surface area contributed by atoms with Gasteiger partial charge in [-0.2, -0.15) is 0 Å². The van der Waals surface area contributed by atoms with E-state index in [-0.39, 0.29) is 34.6 Å². The van der Waals surface area contributed by atoms with Crippen molar-refractivity contribution in [3.05, 3.63) is 33.8 Å². The van der Waals surface area contributed by atoms with Crippen LogP contribution in [0.3, 0.4) is 0 Å². The summed E-state index contributed by atoms with van der Waals surface area (Å²) in [6.07, 6.45) is 0.125. The molecule has 2 nitrogen and oxygen atoms in total. The van der Waals surface area contributed by atoms with Crippen molar-refractivity contribution in [1.29, 1.82) is 0 Å². The van der Waals surface area contributed by atoms with Crippen LogP contribution in [0, 0.1) is 23.5 Å². The first-order valence-electron chi connectivity index (χ1n) is 7.40. The molecule has 5 heteroatoms. The molecule has 1 aromatic carbocycles. The Morgan fingerprint density at radius 3 is 2.38 bits per heavy atom. The largest absolute Gasteiger partial charge is 0.375 e. The van der Waals surface area contributed by atoms with Gasteiger partial charge in [-0.05, 0) is 54.4 Å². The maximum absolute atomic E-state index is 14.3. The quantitative estimate of drug-likeness (QED) is 0.800. The number of nitrogens with one attached hydrogen (secondary N) is 1. The minimum atomic E-state index is -0.443. The number of hydrogen-bond donors (Lipinski definition) is 1. The maximum atomic E-state index is 14.3. The van der Waals surface area contributed by atoms with Crippen LogP contribution >= 0.6 is 15.9 Å². The van der Waals surface area contributed by atoms with Crippen molar-refractivity contribution in [2.24, 2.45) is 11.8 Å². The second-order valence-electron chi connectivity index (χ2n) is 5.81. The van der Waals surface area contributed by atoms with E-state index in [4.69, 9.17) is 4.74 Å². The van der Waals surface area contributed by atoms with Gasteiger partial charge in [-0.15, -0.1) is 0 Å². The summed E-state index contributed by atoms with van der Waals surface area (Å²) in [6.45, 7) is 8.79. The summed E-state index contributed by atoms with van der Waals surface area (Å²) in [4.78, 5) is 0. The van der Waals surface area contributed by atoms with Crippen LogP contribution in [0.15, 0.2) is 16.6 Å². The molecule has 1 fully saturated rings. The SMILES string of the molecule is CCNC(c1cc(F)c(Br)cc1F)C1C(C)OC(C)C1C. The van der Waals surface area contributed by atoms with E-state index in [1.165, 1.54) is 12.1 Å². The molecule has 1 heterocycles. The summed E-state index contributed by atoms with van der Waals surface area (Å²) >= 11 is 3.03. The van der Waals surface area contributed by atoms with Crippen molar-refractivity contribution in [3.8, 4) is 0 Å². The lowest BCUT2D eigenvalue weighted by atomic mass is 9.80. The fourth-order valence-electron chi connectivity index (χ4n) is 3.32. The van der Waals surface area contributed by atoms with Crippen LogP contribution in [0.4, 0.5) is 8.78 Å². The molecule has 0 amide bonds. The van der Waals surface area contributed by atoms with Gasteiger partial charge in [0, 0.05) is 17.5 Å². The van der Waals surface area contributed by atoms with E-state index >= 15 is 0 Å². The van der Waals surface area contributed by atoms with E-state index in [2.05, 4.69) is 28.2 Å². The Morgan fingerprint density at radius 1 is 1.19 bits per heavy atom. The first kappa shape index (κ1) is 16.8. The van der Waals surface area contributed by atoms with E-state index in [1.54, 1.807) is 0 Å². The molecule has 5 atom stereocenters. The summed E-state index contributed by atoms with van der Waals surface area (Å²) in [5.41, 5.74) is 0.374. The highest BCUT2D eigenvalue weighted by Crippen LogP contribution is 2.41.